The van der Waals surface area contributed by atoms with E-state index in [1.165, 1.54) is 0 Å². The van der Waals surface area contributed by atoms with Crippen molar-refractivity contribution in [1.29, 1.82) is 0 Å². The molecule has 0 aliphatic carbocycles. The lowest BCUT2D eigenvalue weighted by Crippen LogP contribution is -2.49. The molecule has 0 aromatic carbocycles. The average Bonchev–Trinajstić information content (AvgIpc) is 2.34. The highest BCUT2D eigenvalue weighted by Crippen LogP contribution is 2.22. The molecule has 0 aromatic heterocycles. The van der Waals surface area contributed by atoms with Crippen LogP contribution in [0.3, 0.4) is 0 Å². The van der Waals surface area contributed by atoms with Gasteiger partial charge in [-0.15, -0.1) is 0 Å². The van der Waals surface area contributed by atoms with E-state index in [-0.39, 0.29) is 11.3 Å². The molecule has 1 heterocycles. The van der Waals surface area contributed by atoms with E-state index in [1.54, 1.807) is 0 Å². The molecule has 2 unspecified atom stereocenters. The molecule has 0 spiro atoms. The maximum atomic E-state index is 12.1. The largest absolute Gasteiger partial charge is 0.380 e. The summed E-state index contributed by atoms with van der Waals surface area (Å²) < 4.78 is 29.8. The van der Waals surface area contributed by atoms with Crippen LogP contribution in [0.25, 0.3) is 0 Å². The fourth-order valence-corrected chi connectivity index (χ4v) is 4.52. The minimum absolute atomic E-state index is 0.0400. The molecule has 2 atom stereocenters. The molecule has 5 heteroatoms. The monoisotopic (exact) mass is 277 g/mol. The van der Waals surface area contributed by atoms with Crippen molar-refractivity contribution < 1.29 is 13.2 Å². The Morgan fingerprint density at radius 2 is 2.06 bits per heavy atom. The molecule has 1 aliphatic heterocycles. The van der Waals surface area contributed by atoms with Gasteiger partial charge in [0.1, 0.15) is 0 Å². The van der Waals surface area contributed by atoms with Crippen LogP contribution in [-0.4, -0.2) is 45.2 Å². The van der Waals surface area contributed by atoms with Gasteiger partial charge in [0.05, 0.1) is 17.6 Å². The smallest absolute Gasteiger partial charge is 0.154 e. The molecule has 0 saturated carbocycles. The second kappa shape index (κ2) is 8.12. The van der Waals surface area contributed by atoms with Crippen LogP contribution in [0.4, 0.5) is 0 Å². The first-order valence-corrected chi connectivity index (χ1v) is 8.86. The maximum absolute atomic E-state index is 12.1. The summed E-state index contributed by atoms with van der Waals surface area (Å²) in [6, 6.07) is -0.0400. The molecule has 1 fully saturated rings. The molecule has 1 saturated heterocycles. The predicted octanol–water partition coefficient (Wildman–Crippen LogP) is 1.75. The SMILES string of the molecule is CCCNC(COCCC)C1CCCCS1(=O)=O. The van der Waals surface area contributed by atoms with Crippen LogP contribution in [0.5, 0.6) is 0 Å². The van der Waals surface area contributed by atoms with Crippen molar-refractivity contribution in [2.75, 3.05) is 25.5 Å². The second-order valence-corrected chi connectivity index (χ2v) is 7.38. The molecule has 18 heavy (non-hydrogen) atoms. The summed E-state index contributed by atoms with van der Waals surface area (Å²) in [5.41, 5.74) is 0. The summed E-state index contributed by atoms with van der Waals surface area (Å²) >= 11 is 0. The topological polar surface area (TPSA) is 55.4 Å². The van der Waals surface area contributed by atoms with E-state index in [2.05, 4.69) is 19.2 Å². The first-order valence-electron chi connectivity index (χ1n) is 7.14. The highest BCUT2D eigenvalue weighted by Gasteiger charge is 2.35. The number of hydrogen-bond donors (Lipinski definition) is 1. The lowest BCUT2D eigenvalue weighted by atomic mass is 10.1. The van der Waals surface area contributed by atoms with Crippen molar-refractivity contribution in [2.24, 2.45) is 0 Å². The number of nitrogens with one attached hydrogen (secondary N) is 1. The molecule has 4 nitrogen and oxygen atoms in total. The standard InChI is InChI=1S/C13H27NO3S/c1-3-8-14-12(11-17-9-4-2)13-7-5-6-10-18(13,15)16/h12-14H,3-11H2,1-2H3. The van der Waals surface area contributed by atoms with Gasteiger partial charge in [0.2, 0.25) is 0 Å². The van der Waals surface area contributed by atoms with Crippen LogP contribution in [-0.2, 0) is 14.6 Å². The van der Waals surface area contributed by atoms with Gasteiger partial charge in [-0.25, -0.2) is 8.42 Å². The zero-order chi connectivity index (χ0) is 13.4. The highest BCUT2D eigenvalue weighted by atomic mass is 32.2. The summed E-state index contributed by atoms with van der Waals surface area (Å²) in [5.74, 6) is 0.343. The zero-order valence-corrected chi connectivity index (χ0v) is 12.5. The van der Waals surface area contributed by atoms with Crippen molar-refractivity contribution in [1.82, 2.24) is 5.32 Å². The van der Waals surface area contributed by atoms with Crippen molar-refractivity contribution in [3.8, 4) is 0 Å². The highest BCUT2D eigenvalue weighted by molar-refractivity contribution is 7.92. The van der Waals surface area contributed by atoms with Gasteiger partial charge in [-0.2, -0.15) is 0 Å². The zero-order valence-electron chi connectivity index (χ0n) is 11.7. The normalized spacial score (nSPS) is 24.9. The molecule has 1 N–H and O–H groups in total. The van der Waals surface area contributed by atoms with Gasteiger partial charge in [-0.3, -0.25) is 0 Å². The third kappa shape index (κ3) is 4.86. The Balaban J connectivity index is 2.61. The molecule has 1 aliphatic rings. The van der Waals surface area contributed by atoms with Gasteiger partial charge < -0.3 is 10.1 Å². The summed E-state index contributed by atoms with van der Waals surface area (Å²) in [6.07, 6.45) is 4.59. The summed E-state index contributed by atoms with van der Waals surface area (Å²) in [6.45, 7) is 6.22. The molecule has 1 rings (SSSR count). The van der Waals surface area contributed by atoms with Crippen molar-refractivity contribution in [2.45, 2.75) is 57.2 Å². The van der Waals surface area contributed by atoms with Crippen LogP contribution in [0, 0.1) is 0 Å². The van der Waals surface area contributed by atoms with Crippen molar-refractivity contribution >= 4 is 9.84 Å². The Morgan fingerprint density at radius 1 is 1.28 bits per heavy atom. The maximum Gasteiger partial charge on any atom is 0.154 e. The van der Waals surface area contributed by atoms with E-state index >= 15 is 0 Å². The fourth-order valence-electron chi connectivity index (χ4n) is 2.41. The first-order chi connectivity index (χ1) is 8.61. The molecule has 0 radical (unpaired) electrons. The molecule has 108 valence electrons. The Morgan fingerprint density at radius 3 is 2.67 bits per heavy atom. The molecule has 0 amide bonds. The van der Waals surface area contributed by atoms with Gasteiger partial charge in [-0.05, 0) is 32.2 Å². The molecule has 0 aromatic rings. The van der Waals surface area contributed by atoms with E-state index in [1.807, 2.05) is 0 Å². The van der Waals surface area contributed by atoms with Gasteiger partial charge in [0, 0.05) is 12.6 Å². The van der Waals surface area contributed by atoms with Gasteiger partial charge in [0.15, 0.2) is 9.84 Å². The third-order valence-electron chi connectivity index (χ3n) is 3.38. The predicted molar refractivity (Wildman–Crippen MR) is 74.6 cm³/mol. The van der Waals surface area contributed by atoms with E-state index in [0.717, 1.165) is 38.6 Å². The van der Waals surface area contributed by atoms with Gasteiger partial charge in [0.25, 0.3) is 0 Å². The number of sulfone groups is 1. The van der Waals surface area contributed by atoms with Crippen LogP contribution in [0.2, 0.25) is 0 Å². The van der Waals surface area contributed by atoms with E-state index < -0.39 is 9.84 Å². The van der Waals surface area contributed by atoms with Crippen LogP contribution in [0.15, 0.2) is 0 Å². The number of ether oxygens (including phenoxy) is 1. The van der Waals surface area contributed by atoms with Crippen LogP contribution in [0.1, 0.15) is 46.0 Å². The number of rotatable bonds is 8. The Bertz CT molecular complexity index is 316. The Hall–Kier alpha value is -0.130. The quantitative estimate of drug-likeness (QED) is 0.687. The molecular formula is C13H27NO3S. The summed E-state index contributed by atoms with van der Waals surface area (Å²) in [5, 5.41) is 3.09. The Labute approximate surface area is 111 Å². The molecule has 0 bridgehead atoms. The van der Waals surface area contributed by atoms with Crippen LogP contribution >= 0.6 is 0 Å². The number of hydrogen-bond acceptors (Lipinski definition) is 4. The van der Waals surface area contributed by atoms with E-state index in [4.69, 9.17) is 4.74 Å². The summed E-state index contributed by atoms with van der Waals surface area (Å²) in [7, 11) is -2.93. The third-order valence-corrected chi connectivity index (χ3v) is 5.72. The summed E-state index contributed by atoms with van der Waals surface area (Å²) in [4.78, 5) is 0. The minimum Gasteiger partial charge on any atom is -0.380 e. The van der Waals surface area contributed by atoms with Crippen molar-refractivity contribution in [3.63, 3.8) is 0 Å². The Kier molecular flexibility index (Phi) is 7.19. The fraction of sp³-hybridized carbons (Fsp3) is 1.00. The minimum atomic E-state index is -2.93. The van der Waals surface area contributed by atoms with Gasteiger partial charge in [-0.1, -0.05) is 20.3 Å². The average molecular weight is 277 g/mol. The second-order valence-electron chi connectivity index (χ2n) is 5.04. The van der Waals surface area contributed by atoms with E-state index in [0.29, 0.717) is 19.0 Å². The van der Waals surface area contributed by atoms with Gasteiger partial charge >= 0.3 is 0 Å². The first kappa shape index (κ1) is 15.9. The van der Waals surface area contributed by atoms with Crippen molar-refractivity contribution in [3.05, 3.63) is 0 Å². The lowest BCUT2D eigenvalue weighted by Gasteiger charge is -2.30. The van der Waals surface area contributed by atoms with E-state index in [9.17, 15) is 8.42 Å². The lowest BCUT2D eigenvalue weighted by molar-refractivity contribution is 0.109. The molecular weight excluding hydrogens is 250 g/mol. The van der Waals surface area contributed by atoms with Crippen LogP contribution < -0.4 is 5.32 Å².